The van der Waals surface area contributed by atoms with Gasteiger partial charge in [-0.05, 0) is 37.0 Å². The zero-order valence-corrected chi connectivity index (χ0v) is 13.9. The van der Waals surface area contributed by atoms with Crippen molar-refractivity contribution < 1.29 is 9.18 Å². The number of nitrogens with one attached hydrogen (secondary N) is 1. The largest absolute Gasteiger partial charge is 0.355 e. The van der Waals surface area contributed by atoms with Gasteiger partial charge in [-0.1, -0.05) is 31.0 Å². The standard InChI is InChI=1S/C19H24FN3O/c20-17-8-2-1-7-16(17)19(10-3-4-11-19)15-21-18(24)9-5-13-23-14-6-12-22-23/h1-2,6-8,12,14H,3-5,9-11,13,15H2,(H,21,24). The van der Waals surface area contributed by atoms with Crippen molar-refractivity contribution in [2.45, 2.75) is 50.5 Å². The third-order valence-electron chi connectivity index (χ3n) is 4.98. The summed E-state index contributed by atoms with van der Waals surface area (Å²) in [5, 5.41) is 7.16. The van der Waals surface area contributed by atoms with Crippen LogP contribution in [0.2, 0.25) is 0 Å². The van der Waals surface area contributed by atoms with Crippen LogP contribution in [0.1, 0.15) is 44.1 Å². The molecule has 1 aromatic carbocycles. The number of rotatable bonds is 7. The third kappa shape index (κ3) is 3.83. The monoisotopic (exact) mass is 329 g/mol. The minimum absolute atomic E-state index is 0.0322. The molecule has 2 aromatic rings. The minimum atomic E-state index is -0.247. The van der Waals surface area contributed by atoms with E-state index in [1.165, 1.54) is 6.07 Å². The van der Waals surface area contributed by atoms with E-state index in [4.69, 9.17) is 0 Å². The number of carbonyl (C=O) groups excluding carboxylic acids is 1. The molecule has 1 saturated carbocycles. The molecule has 0 atom stereocenters. The number of aryl methyl sites for hydroxylation is 1. The van der Waals surface area contributed by atoms with Gasteiger partial charge in [-0.3, -0.25) is 9.48 Å². The number of carbonyl (C=O) groups is 1. The summed E-state index contributed by atoms with van der Waals surface area (Å²) in [5.41, 5.74) is 0.502. The quantitative estimate of drug-likeness (QED) is 0.846. The summed E-state index contributed by atoms with van der Waals surface area (Å²) in [7, 11) is 0. The van der Waals surface area contributed by atoms with Crippen molar-refractivity contribution in [3.8, 4) is 0 Å². The number of halogens is 1. The van der Waals surface area contributed by atoms with E-state index in [1.807, 2.05) is 29.1 Å². The maximum absolute atomic E-state index is 14.2. The normalized spacial score (nSPS) is 16.2. The smallest absolute Gasteiger partial charge is 0.220 e. The molecule has 0 saturated heterocycles. The zero-order valence-electron chi connectivity index (χ0n) is 13.9. The average molecular weight is 329 g/mol. The van der Waals surface area contributed by atoms with Gasteiger partial charge < -0.3 is 5.32 Å². The fourth-order valence-corrected chi connectivity index (χ4v) is 3.67. The van der Waals surface area contributed by atoms with E-state index in [1.54, 1.807) is 12.3 Å². The second kappa shape index (κ2) is 7.60. The van der Waals surface area contributed by atoms with Crippen LogP contribution in [0.25, 0.3) is 0 Å². The molecule has 0 spiro atoms. The number of aromatic nitrogens is 2. The van der Waals surface area contributed by atoms with E-state index in [9.17, 15) is 9.18 Å². The zero-order chi connectivity index (χ0) is 16.8. The van der Waals surface area contributed by atoms with Gasteiger partial charge >= 0.3 is 0 Å². The van der Waals surface area contributed by atoms with Crippen LogP contribution < -0.4 is 5.32 Å². The van der Waals surface area contributed by atoms with Crippen LogP contribution in [-0.2, 0) is 16.8 Å². The Bertz CT molecular complexity index is 663. The molecule has 3 rings (SSSR count). The predicted molar refractivity (Wildman–Crippen MR) is 91.0 cm³/mol. The number of benzene rings is 1. The van der Waals surface area contributed by atoms with Gasteiger partial charge in [-0.2, -0.15) is 5.10 Å². The first kappa shape index (κ1) is 16.7. The highest BCUT2D eigenvalue weighted by molar-refractivity contribution is 5.76. The summed E-state index contributed by atoms with van der Waals surface area (Å²) >= 11 is 0. The van der Waals surface area contributed by atoms with Crippen molar-refractivity contribution in [2.75, 3.05) is 6.54 Å². The molecule has 1 aliphatic carbocycles. The predicted octanol–water partition coefficient (Wildman–Crippen LogP) is 3.43. The Kier molecular flexibility index (Phi) is 5.28. The molecule has 1 aromatic heterocycles. The Balaban J connectivity index is 1.54. The topological polar surface area (TPSA) is 46.9 Å². The van der Waals surface area contributed by atoms with E-state index < -0.39 is 0 Å². The molecule has 24 heavy (non-hydrogen) atoms. The van der Waals surface area contributed by atoms with Crippen molar-refractivity contribution in [1.29, 1.82) is 0 Å². The fraction of sp³-hybridized carbons (Fsp3) is 0.474. The molecular formula is C19H24FN3O. The average Bonchev–Trinajstić information content (AvgIpc) is 3.26. The molecule has 0 unspecified atom stereocenters. The molecule has 1 fully saturated rings. The van der Waals surface area contributed by atoms with Gasteiger partial charge in [-0.25, -0.2) is 4.39 Å². The summed E-state index contributed by atoms with van der Waals surface area (Å²) in [6.07, 6.45) is 8.88. The van der Waals surface area contributed by atoms with Crippen molar-refractivity contribution >= 4 is 5.91 Å². The molecule has 0 aliphatic heterocycles. The van der Waals surface area contributed by atoms with E-state index >= 15 is 0 Å². The molecule has 1 aliphatic rings. The molecule has 1 heterocycles. The summed E-state index contributed by atoms with van der Waals surface area (Å²) < 4.78 is 16.1. The molecular weight excluding hydrogens is 305 g/mol. The van der Waals surface area contributed by atoms with E-state index in [2.05, 4.69) is 10.4 Å². The van der Waals surface area contributed by atoms with Crippen LogP contribution in [-0.4, -0.2) is 22.2 Å². The SMILES string of the molecule is O=C(CCCn1cccn1)NCC1(c2ccccc2F)CCCC1. The van der Waals surface area contributed by atoms with Gasteiger partial charge in [0, 0.05) is 37.3 Å². The number of amides is 1. The molecule has 0 bridgehead atoms. The van der Waals surface area contributed by atoms with Crippen LogP contribution >= 0.6 is 0 Å². The summed E-state index contributed by atoms with van der Waals surface area (Å²) in [6.45, 7) is 1.26. The lowest BCUT2D eigenvalue weighted by molar-refractivity contribution is -0.121. The lowest BCUT2D eigenvalue weighted by Crippen LogP contribution is -2.39. The van der Waals surface area contributed by atoms with Crippen molar-refractivity contribution in [3.63, 3.8) is 0 Å². The van der Waals surface area contributed by atoms with E-state index in [0.717, 1.165) is 44.2 Å². The first-order valence-electron chi connectivity index (χ1n) is 8.69. The second-order valence-corrected chi connectivity index (χ2v) is 6.62. The number of nitrogens with zero attached hydrogens (tertiary/aromatic N) is 2. The molecule has 1 amide bonds. The van der Waals surface area contributed by atoms with E-state index in [0.29, 0.717) is 13.0 Å². The highest BCUT2D eigenvalue weighted by atomic mass is 19.1. The number of hydrogen-bond acceptors (Lipinski definition) is 2. The summed E-state index contributed by atoms with van der Waals surface area (Å²) in [5.74, 6) is -0.128. The fourth-order valence-electron chi connectivity index (χ4n) is 3.67. The maximum Gasteiger partial charge on any atom is 0.220 e. The highest BCUT2D eigenvalue weighted by Crippen LogP contribution is 2.41. The van der Waals surface area contributed by atoms with E-state index in [-0.39, 0.29) is 17.1 Å². The first-order chi connectivity index (χ1) is 11.7. The Hall–Kier alpha value is -2.17. The second-order valence-electron chi connectivity index (χ2n) is 6.62. The molecule has 0 radical (unpaired) electrons. The lowest BCUT2D eigenvalue weighted by atomic mass is 9.78. The summed E-state index contributed by atoms with van der Waals surface area (Å²) in [6, 6.07) is 8.85. The maximum atomic E-state index is 14.2. The Labute approximate surface area is 142 Å². The van der Waals surface area contributed by atoms with Crippen LogP contribution in [0.4, 0.5) is 4.39 Å². The molecule has 1 N–H and O–H groups in total. The van der Waals surface area contributed by atoms with Crippen molar-refractivity contribution in [2.24, 2.45) is 0 Å². The van der Waals surface area contributed by atoms with Gasteiger partial charge in [0.15, 0.2) is 0 Å². The molecule has 128 valence electrons. The highest BCUT2D eigenvalue weighted by Gasteiger charge is 2.37. The van der Waals surface area contributed by atoms with Crippen molar-refractivity contribution in [1.82, 2.24) is 15.1 Å². The number of hydrogen-bond donors (Lipinski definition) is 1. The third-order valence-corrected chi connectivity index (χ3v) is 4.98. The molecule has 5 heteroatoms. The Morgan fingerprint density at radius 1 is 1.25 bits per heavy atom. The van der Waals surface area contributed by atoms with Gasteiger partial charge in [0.25, 0.3) is 0 Å². The van der Waals surface area contributed by atoms with Crippen LogP contribution in [0.15, 0.2) is 42.7 Å². The first-order valence-corrected chi connectivity index (χ1v) is 8.69. The van der Waals surface area contributed by atoms with Gasteiger partial charge in [-0.15, -0.1) is 0 Å². The molecule has 4 nitrogen and oxygen atoms in total. The van der Waals surface area contributed by atoms with Crippen LogP contribution in [0, 0.1) is 5.82 Å². The van der Waals surface area contributed by atoms with Gasteiger partial charge in [0.2, 0.25) is 5.91 Å². The van der Waals surface area contributed by atoms with Gasteiger partial charge in [0.05, 0.1) is 0 Å². The summed E-state index contributed by atoms with van der Waals surface area (Å²) in [4.78, 5) is 12.2. The minimum Gasteiger partial charge on any atom is -0.355 e. The Morgan fingerprint density at radius 2 is 2.04 bits per heavy atom. The van der Waals surface area contributed by atoms with Crippen LogP contribution in [0.3, 0.4) is 0 Å². The lowest BCUT2D eigenvalue weighted by Gasteiger charge is -2.30. The van der Waals surface area contributed by atoms with Crippen LogP contribution in [0.5, 0.6) is 0 Å². The van der Waals surface area contributed by atoms with Crippen molar-refractivity contribution in [3.05, 3.63) is 54.1 Å². The Morgan fingerprint density at radius 3 is 2.75 bits per heavy atom. The van der Waals surface area contributed by atoms with Gasteiger partial charge in [0.1, 0.15) is 5.82 Å².